The van der Waals surface area contributed by atoms with Gasteiger partial charge in [0, 0.05) is 19.9 Å². The van der Waals surface area contributed by atoms with Crippen LogP contribution < -0.4 is 5.32 Å². The molecule has 2 heterocycles. The van der Waals surface area contributed by atoms with E-state index in [1.807, 2.05) is 6.07 Å². The molecule has 138 valence electrons. The highest BCUT2D eigenvalue weighted by Crippen LogP contribution is 2.31. The molecular formula is C19H22FN3O3. The van der Waals surface area contributed by atoms with Crippen molar-refractivity contribution >= 4 is 11.8 Å². The van der Waals surface area contributed by atoms with Gasteiger partial charge in [-0.25, -0.2) is 9.37 Å². The van der Waals surface area contributed by atoms with Crippen molar-refractivity contribution in [3.05, 3.63) is 53.5 Å². The van der Waals surface area contributed by atoms with Crippen molar-refractivity contribution in [2.24, 2.45) is 0 Å². The predicted octanol–water partition coefficient (Wildman–Crippen LogP) is 2.59. The number of hydrogen-bond acceptors (Lipinski definition) is 4. The largest absolute Gasteiger partial charge is 0.443 e. The first kappa shape index (κ1) is 18.1. The lowest BCUT2D eigenvalue weighted by atomic mass is 10.0. The van der Waals surface area contributed by atoms with Crippen LogP contribution >= 0.6 is 0 Å². The zero-order valence-electron chi connectivity index (χ0n) is 14.7. The number of oxazole rings is 1. The van der Waals surface area contributed by atoms with Gasteiger partial charge in [-0.15, -0.1) is 0 Å². The van der Waals surface area contributed by atoms with Crippen LogP contribution in [0.15, 0.2) is 34.9 Å². The number of halogens is 1. The van der Waals surface area contributed by atoms with Crippen LogP contribution in [-0.2, 0) is 16.0 Å². The van der Waals surface area contributed by atoms with Crippen LogP contribution in [0.1, 0.15) is 49.4 Å². The second kappa shape index (κ2) is 8.12. The Labute approximate surface area is 151 Å². The fourth-order valence-corrected chi connectivity index (χ4v) is 3.19. The average Bonchev–Trinajstić information content (AvgIpc) is 3.08. The monoisotopic (exact) mass is 359 g/mol. The van der Waals surface area contributed by atoms with Crippen LogP contribution in [0.25, 0.3) is 0 Å². The normalized spacial score (nSPS) is 17.2. The molecule has 1 atom stereocenters. The summed E-state index contributed by atoms with van der Waals surface area (Å²) in [6.45, 7) is 1.97. The minimum Gasteiger partial charge on any atom is -0.443 e. The van der Waals surface area contributed by atoms with E-state index in [2.05, 4.69) is 10.3 Å². The zero-order valence-corrected chi connectivity index (χ0v) is 14.7. The van der Waals surface area contributed by atoms with Gasteiger partial charge < -0.3 is 14.6 Å². The van der Waals surface area contributed by atoms with E-state index in [0.29, 0.717) is 24.6 Å². The van der Waals surface area contributed by atoms with Crippen LogP contribution in [0, 0.1) is 5.82 Å². The van der Waals surface area contributed by atoms with Crippen LogP contribution in [-0.4, -0.2) is 34.8 Å². The lowest BCUT2D eigenvalue weighted by Crippen LogP contribution is -2.44. The highest BCUT2D eigenvalue weighted by Gasteiger charge is 2.31. The molecule has 1 aliphatic rings. The third-order valence-corrected chi connectivity index (χ3v) is 4.44. The molecule has 3 rings (SSSR count). The lowest BCUT2D eigenvalue weighted by molar-refractivity contribution is -0.136. The van der Waals surface area contributed by atoms with Crippen molar-refractivity contribution in [1.82, 2.24) is 15.2 Å². The van der Waals surface area contributed by atoms with Gasteiger partial charge in [0.25, 0.3) is 0 Å². The Kier molecular flexibility index (Phi) is 5.65. The van der Waals surface area contributed by atoms with Crippen LogP contribution in [0.5, 0.6) is 0 Å². The summed E-state index contributed by atoms with van der Waals surface area (Å²) < 4.78 is 19.2. The predicted molar refractivity (Wildman–Crippen MR) is 92.7 cm³/mol. The van der Waals surface area contributed by atoms with Gasteiger partial charge in [-0.1, -0.05) is 12.1 Å². The lowest BCUT2D eigenvalue weighted by Gasteiger charge is -2.33. The molecule has 1 saturated heterocycles. The molecule has 26 heavy (non-hydrogen) atoms. The Morgan fingerprint density at radius 1 is 1.38 bits per heavy atom. The zero-order chi connectivity index (χ0) is 18.5. The number of piperidine rings is 1. The molecule has 0 aliphatic carbocycles. The third kappa shape index (κ3) is 4.47. The number of rotatable bonds is 5. The van der Waals surface area contributed by atoms with E-state index in [-0.39, 0.29) is 30.2 Å². The van der Waals surface area contributed by atoms with Gasteiger partial charge in [-0.2, -0.15) is 0 Å². The maximum atomic E-state index is 13.3. The highest BCUT2D eigenvalue weighted by molar-refractivity contribution is 5.84. The SMILES string of the molecule is CC(=O)NCC(=O)N1CCCCC1c1ncc(Cc2cccc(F)c2)o1. The molecular weight excluding hydrogens is 337 g/mol. The molecule has 1 aliphatic heterocycles. The summed E-state index contributed by atoms with van der Waals surface area (Å²) >= 11 is 0. The summed E-state index contributed by atoms with van der Waals surface area (Å²) in [5, 5.41) is 2.54. The van der Waals surface area contributed by atoms with Gasteiger partial charge in [-0.05, 0) is 37.0 Å². The highest BCUT2D eigenvalue weighted by atomic mass is 19.1. The number of benzene rings is 1. The average molecular weight is 359 g/mol. The maximum Gasteiger partial charge on any atom is 0.242 e. The van der Waals surface area contributed by atoms with Crippen LogP contribution in [0.3, 0.4) is 0 Å². The fourth-order valence-electron chi connectivity index (χ4n) is 3.19. The molecule has 0 saturated carbocycles. The molecule has 1 aromatic carbocycles. The molecule has 0 radical (unpaired) electrons. The fraction of sp³-hybridized carbons (Fsp3) is 0.421. The van der Waals surface area contributed by atoms with Gasteiger partial charge in [0.15, 0.2) is 0 Å². The molecule has 0 spiro atoms. The van der Waals surface area contributed by atoms with E-state index in [1.165, 1.54) is 19.1 Å². The molecule has 2 aromatic rings. The first-order valence-corrected chi connectivity index (χ1v) is 8.76. The van der Waals surface area contributed by atoms with Crippen LogP contribution in [0.2, 0.25) is 0 Å². The first-order chi connectivity index (χ1) is 12.5. The molecule has 2 amide bonds. The summed E-state index contributed by atoms with van der Waals surface area (Å²) in [7, 11) is 0. The summed E-state index contributed by atoms with van der Waals surface area (Å²) in [4.78, 5) is 29.5. The van der Waals surface area contributed by atoms with E-state index < -0.39 is 0 Å². The van der Waals surface area contributed by atoms with Gasteiger partial charge in [0.05, 0.1) is 12.7 Å². The molecule has 1 fully saturated rings. The topological polar surface area (TPSA) is 75.4 Å². The molecule has 1 unspecified atom stereocenters. The van der Waals surface area contributed by atoms with E-state index >= 15 is 0 Å². The number of likely N-dealkylation sites (tertiary alicyclic amines) is 1. The maximum absolute atomic E-state index is 13.3. The Morgan fingerprint density at radius 3 is 3.00 bits per heavy atom. The second-order valence-electron chi connectivity index (χ2n) is 6.48. The number of nitrogens with zero attached hydrogens (tertiary/aromatic N) is 2. The van der Waals surface area contributed by atoms with Gasteiger partial charge >= 0.3 is 0 Å². The number of hydrogen-bond donors (Lipinski definition) is 1. The number of aromatic nitrogens is 1. The summed E-state index contributed by atoms with van der Waals surface area (Å²) in [6, 6.07) is 6.12. The molecule has 7 heteroatoms. The smallest absolute Gasteiger partial charge is 0.242 e. The van der Waals surface area contributed by atoms with E-state index in [9.17, 15) is 14.0 Å². The number of amides is 2. The number of carbonyl (C=O) groups is 2. The molecule has 1 N–H and O–H groups in total. The minimum absolute atomic E-state index is 0.0251. The van der Waals surface area contributed by atoms with Crippen molar-refractivity contribution < 1.29 is 18.4 Å². The van der Waals surface area contributed by atoms with Crippen molar-refractivity contribution in [2.45, 2.75) is 38.6 Å². The van der Waals surface area contributed by atoms with E-state index in [1.54, 1.807) is 17.2 Å². The van der Waals surface area contributed by atoms with Gasteiger partial charge in [0.2, 0.25) is 17.7 Å². The molecule has 1 aromatic heterocycles. The summed E-state index contributed by atoms with van der Waals surface area (Å²) in [5.74, 6) is 0.456. The first-order valence-electron chi connectivity index (χ1n) is 8.76. The second-order valence-corrected chi connectivity index (χ2v) is 6.48. The third-order valence-electron chi connectivity index (χ3n) is 4.44. The quantitative estimate of drug-likeness (QED) is 0.890. The number of carbonyl (C=O) groups excluding carboxylic acids is 2. The van der Waals surface area contributed by atoms with Crippen molar-refractivity contribution in [2.75, 3.05) is 13.1 Å². The summed E-state index contributed by atoms with van der Waals surface area (Å²) in [6.07, 6.45) is 4.74. The standard InChI is InChI=1S/C19H22FN3O3/c1-13(24)21-12-18(25)23-8-3-2-7-17(23)19-22-11-16(26-19)10-14-5-4-6-15(20)9-14/h4-6,9,11,17H,2-3,7-8,10,12H2,1H3,(H,21,24). The van der Waals surface area contributed by atoms with Gasteiger partial charge in [-0.3, -0.25) is 9.59 Å². The Morgan fingerprint density at radius 2 is 2.23 bits per heavy atom. The number of nitrogens with one attached hydrogen (secondary N) is 1. The van der Waals surface area contributed by atoms with Crippen LogP contribution in [0.4, 0.5) is 4.39 Å². The van der Waals surface area contributed by atoms with Crippen molar-refractivity contribution in [3.63, 3.8) is 0 Å². The van der Waals surface area contributed by atoms with Crippen molar-refractivity contribution in [1.29, 1.82) is 0 Å². The molecule has 0 bridgehead atoms. The Hall–Kier alpha value is -2.70. The molecule has 6 nitrogen and oxygen atoms in total. The summed E-state index contributed by atoms with van der Waals surface area (Å²) in [5.41, 5.74) is 0.801. The Bertz CT molecular complexity index is 790. The van der Waals surface area contributed by atoms with Crippen molar-refractivity contribution in [3.8, 4) is 0 Å². The van der Waals surface area contributed by atoms with E-state index in [0.717, 1.165) is 24.8 Å². The van der Waals surface area contributed by atoms with Gasteiger partial charge in [0.1, 0.15) is 17.6 Å². The minimum atomic E-state index is -0.288. The van der Waals surface area contributed by atoms with E-state index in [4.69, 9.17) is 4.42 Å². The Balaban J connectivity index is 1.71.